The van der Waals surface area contributed by atoms with E-state index in [0.29, 0.717) is 6.61 Å². The maximum Gasteiger partial charge on any atom is 0.128 e. The van der Waals surface area contributed by atoms with E-state index in [4.69, 9.17) is 9.47 Å². The Hall–Kier alpha value is -1.79. The molecular formula is C18H18N2O2S2. The van der Waals surface area contributed by atoms with Crippen LogP contribution in [0.5, 0.6) is 11.5 Å². The topological polar surface area (TPSA) is 44.2 Å². The standard InChI is InChI=1S/C18H18N2O2S2/c1-21-12-5-7-13(8-6-12)22-9-10-23-17-16-14-3-2-4-15(14)24-18(16)20-11-19-17/h5-8,11H,2-4,9-10H2,1H3. The number of nitrogens with zero attached hydrogens (tertiary/aromatic N) is 2. The number of rotatable bonds is 6. The van der Waals surface area contributed by atoms with Crippen molar-refractivity contribution >= 4 is 33.3 Å². The highest BCUT2D eigenvalue weighted by molar-refractivity contribution is 7.99. The molecule has 0 saturated carbocycles. The highest BCUT2D eigenvalue weighted by atomic mass is 32.2. The van der Waals surface area contributed by atoms with Crippen molar-refractivity contribution in [1.82, 2.24) is 9.97 Å². The molecule has 4 rings (SSSR count). The van der Waals surface area contributed by atoms with Gasteiger partial charge in [-0.05, 0) is 49.1 Å². The third-order valence-corrected chi connectivity index (χ3v) is 6.27. The SMILES string of the molecule is COc1ccc(OCCSc2ncnc3sc4c(c23)CCC4)cc1. The third-order valence-electron chi connectivity index (χ3n) is 4.12. The molecule has 0 saturated heterocycles. The summed E-state index contributed by atoms with van der Waals surface area (Å²) in [6.45, 7) is 0.648. The number of thiophene rings is 1. The number of methoxy groups -OCH3 is 1. The Kier molecular flexibility index (Phi) is 4.58. The summed E-state index contributed by atoms with van der Waals surface area (Å²) in [7, 11) is 1.66. The molecule has 1 aliphatic carbocycles. The summed E-state index contributed by atoms with van der Waals surface area (Å²) < 4.78 is 10.9. The van der Waals surface area contributed by atoms with Gasteiger partial charge in [-0.1, -0.05) is 0 Å². The van der Waals surface area contributed by atoms with Crippen LogP contribution in [-0.4, -0.2) is 29.4 Å². The van der Waals surface area contributed by atoms with Crippen molar-refractivity contribution in [2.24, 2.45) is 0 Å². The average Bonchev–Trinajstić information content (AvgIpc) is 3.20. The second-order valence-corrected chi connectivity index (χ2v) is 7.76. The van der Waals surface area contributed by atoms with Gasteiger partial charge in [-0.25, -0.2) is 9.97 Å². The lowest BCUT2D eigenvalue weighted by atomic mass is 10.2. The van der Waals surface area contributed by atoms with Crippen LogP contribution in [0.3, 0.4) is 0 Å². The minimum absolute atomic E-state index is 0.648. The molecule has 0 fully saturated rings. The maximum atomic E-state index is 5.80. The molecule has 0 bridgehead atoms. The summed E-state index contributed by atoms with van der Waals surface area (Å²) in [4.78, 5) is 11.6. The Morgan fingerprint density at radius 3 is 2.79 bits per heavy atom. The van der Waals surface area contributed by atoms with Crippen molar-refractivity contribution < 1.29 is 9.47 Å². The quantitative estimate of drug-likeness (QED) is 0.372. The van der Waals surface area contributed by atoms with Gasteiger partial charge in [-0.2, -0.15) is 0 Å². The fraction of sp³-hybridized carbons (Fsp3) is 0.333. The Labute approximate surface area is 149 Å². The lowest BCUT2D eigenvalue weighted by Crippen LogP contribution is -2.00. The lowest BCUT2D eigenvalue weighted by Gasteiger charge is -2.07. The molecular weight excluding hydrogens is 340 g/mol. The first-order valence-electron chi connectivity index (χ1n) is 8.00. The number of ether oxygens (including phenoxy) is 2. The molecule has 0 spiro atoms. The van der Waals surface area contributed by atoms with Crippen LogP contribution in [0.1, 0.15) is 16.9 Å². The van der Waals surface area contributed by atoms with E-state index in [9.17, 15) is 0 Å². The zero-order valence-corrected chi connectivity index (χ0v) is 15.1. The van der Waals surface area contributed by atoms with Crippen LogP contribution in [0.25, 0.3) is 10.2 Å². The van der Waals surface area contributed by atoms with E-state index in [1.54, 1.807) is 25.2 Å². The van der Waals surface area contributed by atoms with Gasteiger partial charge < -0.3 is 9.47 Å². The predicted molar refractivity (Wildman–Crippen MR) is 98.7 cm³/mol. The van der Waals surface area contributed by atoms with Crippen LogP contribution >= 0.6 is 23.1 Å². The molecule has 0 aliphatic heterocycles. The largest absolute Gasteiger partial charge is 0.497 e. The fourth-order valence-electron chi connectivity index (χ4n) is 2.98. The number of hydrogen-bond acceptors (Lipinski definition) is 6. The van der Waals surface area contributed by atoms with Gasteiger partial charge in [0, 0.05) is 16.0 Å². The van der Waals surface area contributed by atoms with Gasteiger partial charge in [-0.15, -0.1) is 23.1 Å². The number of hydrogen-bond donors (Lipinski definition) is 0. The Balaban J connectivity index is 1.40. The maximum absolute atomic E-state index is 5.80. The molecule has 0 N–H and O–H groups in total. The third kappa shape index (κ3) is 3.08. The van der Waals surface area contributed by atoms with Gasteiger partial charge in [0.25, 0.3) is 0 Å². The molecule has 24 heavy (non-hydrogen) atoms. The van der Waals surface area contributed by atoms with Crippen molar-refractivity contribution in [3.63, 3.8) is 0 Å². The fourth-order valence-corrected chi connectivity index (χ4v) is 5.12. The Morgan fingerprint density at radius 1 is 1.12 bits per heavy atom. The van der Waals surface area contributed by atoms with Gasteiger partial charge in [0.05, 0.1) is 13.7 Å². The molecule has 124 valence electrons. The molecule has 0 amide bonds. The van der Waals surface area contributed by atoms with E-state index < -0.39 is 0 Å². The number of fused-ring (bicyclic) bond motifs is 3. The molecule has 0 atom stereocenters. The van der Waals surface area contributed by atoms with E-state index in [1.807, 2.05) is 35.6 Å². The Bertz CT molecular complexity index is 846. The molecule has 2 heterocycles. The summed E-state index contributed by atoms with van der Waals surface area (Å²) in [6.07, 6.45) is 5.30. The van der Waals surface area contributed by atoms with Gasteiger partial charge in [0.2, 0.25) is 0 Å². The van der Waals surface area contributed by atoms with Gasteiger partial charge in [-0.3, -0.25) is 0 Å². The first-order valence-corrected chi connectivity index (χ1v) is 9.80. The normalized spacial score (nSPS) is 13.2. The van der Waals surface area contributed by atoms with E-state index in [-0.39, 0.29) is 0 Å². The summed E-state index contributed by atoms with van der Waals surface area (Å²) in [5.41, 5.74) is 1.48. The first-order chi connectivity index (χ1) is 11.8. The predicted octanol–water partition coefficient (Wildman–Crippen LogP) is 4.36. The number of thioether (sulfide) groups is 1. The number of benzene rings is 1. The van der Waals surface area contributed by atoms with E-state index in [1.165, 1.54) is 35.1 Å². The molecule has 0 unspecified atom stereocenters. The van der Waals surface area contributed by atoms with Crippen LogP contribution in [0.4, 0.5) is 0 Å². The van der Waals surface area contributed by atoms with Crippen molar-refractivity contribution in [3.8, 4) is 11.5 Å². The van der Waals surface area contributed by atoms with Crippen LogP contribution in [0.2, 0.25) is 0 Å². The minimum atomic E-state index is 0.648. The van der Waals surface area contributed by atoms with Gasteiger partial charge in [0.15, 0.2) is 0 Å². The molecule has 0 radical (unpaired) electrons. The number of aryl methyl sites for hydroxylation is 2. The summed E-state index contributed by atoms with van der Waals surface area (Å²) in [6, 6.07) is 7.67. The zero-order valence-electron chi connectivity index (χ0n) is 13.4. The molecule has 1 aliphatic rings. The van der Waals surface area contributed by atoms with E-state index in [2.05, 4.69) is 9.97 Å². The first kappa shape index (κ1) is 15.7. The van der Waals surface area contributed by atoms with Crippen LogP contribution in [-0.2, 0) is 12.8 Å². The van der Waals surface area contributed by atoms with Gasteiger partial charge in [0.1, 0.15) is 27.7 Å². The minimum Gasteiger partial charge on any atom is -0.497 e. The van der Waals surface area contributed by atoms with Crippen molar-refractivity contribution in [3.05, 3.63) is 41.0 Å². The molecule has 2 aromatic heterocycles. The van der Waals surface area contributed by atoms with Crippen LogP contribution < -0.4 is 9.47 Å². The molecule has 3 aromatic rings. The second-order valence-electron chi connectivity index (χ2n) is 5.59. The highest BCUT2D eigenvalue weighted by Gasteiger charge is 2.21. The average molecular weight is 358 g/mol. The molecule has 6 heteroatoms. The summed E-state index contributed by atoms with van der Waals surface area (Å²) in [5.74, 6) is 2.56. The second kappa shape index (κ2) is 6.99. The van der Waals surface area contributed by atoms with E-state index in [0.717, 1.165) is 27.1 Å². The number of aromatic nitrogens is 2. The van der Waals surface area contributed by atoms with Crippen LogP contribution in [0, 0.1) is 0 Å². The lowest BCUT2D eigenvalue weighted by molar-refractivity contribution is 0.342. The van der Waals surface area contributed by atoms with Crippen molar-refractivity contribution in [2.75, 3.05) is 19.5 Å². The van der Waals surface area contributed by atoms with Crippen molar-refractivity contribution in [2.45, 2.75) is 24.3 Å². The van der Waals surface area contributed by atoms with Crippen molar-refractivity contribution in [1.29, 1.82) is 0 Å². The monoisotopic (exact) mass is 358 g/mol. The van der Waals surface area contributed by atoms with Gasteiger partial charge >= 0.3 is 0 Å². The zero-order chi connectivity index (χ0) is 16.4. The summed E-state index contributed by atoms with van der Waals surface area (Å²) in [5, 5.41) is 2.38. The smallest absolute Gasteiger partial charge is 0.128 e. The Morgan fingerprint density at radius 2 is 1.96 bits per heavy atom. The van der Waals surface area contributed by atoms with E-state index >= 15 is 0 Å². The highest BCUT2D eigenvalue weighted by Crippen LogP contribution is 2.39. The molecule has 4 nitrogen and oxygen atoms in total. The summed E-state index contributed by atoms with van der Waals surface area (Å²) >= 11 is 3.59. The van der Waals surface area contributed by atoms with Crippen LogP contribution in [0.15, 0.2) is 35.6 Å². The molecule has 1 aromatic carbocycles.